The predicted octanol–water partition coefficient (Wildman–Crippen LogP) is -0.0720. The summed E-state index contributed by atoms with van der Waals surface area (Å²) in [6, 6.07) is 0. The molecule has 0 bridgehead atoms. The Hall–Kier alpha value is -0.341. The number of hydrogen-bond donors (Lipinski definition) is 0. The van der Waals surface area contributed by atoms with Crippen molar-refractivity contribution in [1.82, 2.24) is 9.80 Å². The average Bonchev–Trinajstić information content (AvgIpc) is 2.51. The van der Waals surface area contributed by atoms with Crippen LogP contribution in [-0.2, 0) is 0 Å². The molecular weight excluding hydrogens is 217 g/mol. The van der Waals surface area contributed by atoms with Crippen LogP contribution in [0.15, 0.2) is 4.99 Å². The fraction of sp³-hybridized carbons (Fsp3) is 0.750. The quantitative estimate of drug-likeness (QED) is 0.385. The van der Waals surface area contributed by atoms with E-state index >= 15 is 0 Å². The Morgan fingerprint density at radius 2 is 2.00 bits per heavy atom. The monoisotopic (exact) mass is 233 g/mol. The maximum absolute atomic E-state index is 4.29. The second kappa shape index (κ2) is 4.63. The molecule has 0 radical (unpaired) electrons. The van der Waals surface area contributed by atoms with Crippen molar-refractivity contribution in [1.29, 1.82) is 0 Å². The molecule has 0 aromatic rings. The summed E-state index contributed by atoms with van der Waals surface area (Å²) in [5.74, 6) is 0. The van der Waals surface area contributed by atoms with E-state index in [0.29, 0.717) is 0 Å². The first-order valence-corrected chi connectivity index (χ1v) is 5.05. The van der Waals surface area contributed by atoms with Crippen LogP contribution in [-0.4, -0.2) is 63.6 Å². The summed E-state index contributed by atoms with van der Waals surface area (Å²) in [5.41, 5.74) is 0. The van der Waals surface area contributed by atoms with Gasteiger partial charge in [-0.05, 0) is 0 Å². The zero-order chi connectivity index (χ0) is 8.97. The summed E-state index contributed by atoms with van der Waals surface area (Å²) in [7, 11) is 3.95. The van der Waals surface area contributed by atoms with Crippen molar-refractivity contribution in [2.24, 2.45) is 4.99 Å². The van der Waals surface area contributed by atoms with E-state index in [2.05, 4.69) is 25.5 Å². The van der Waals surface area contributed by atoms with Crippen molar-refractivity contribution in [3.05, 3.63) is 0 Å². The van der Waals surface area contributed by atoms with Crippen molar-refractivity contribution in [2.45, 2.75) is 12.8 Å². The van der Waals surface area contributed by atoms with Gasteiger partial charge in [0.25, 0.3) is 0 Å². The minimum atomic E-state index is 1.02. The van der Waals surface area contributed by atoms with E-state index in [9.17, 15) is 0 Å². The first-order valence-electron chi connectivity index (χ1n) is 4.19. The molecule has 0 aromatic heterocycles. The van der Waals surface area contributed by atoms with Gasteiger partial charge in [0.15, 0.2) is 0 Å². The van der Waals surface area contributed by atoms with Crippen molar-refractivity contribution in [3.8, 4) is 0 Å². The summed E-state index contributed by atoms with van der Waals surface area (Å²) >= 11 is 2.99. The third kappa shape index (κ3) is 2.95. The van der Waals surface area contributed by atoms with Crippen molar-refractivity contribution < 1.29 is 0 Å². The van der Waals surface area contributed by atoms with Gasteiger partial charge in [0.2, 0.25) is 0 Å². The van der Waals surface area contributed by atoms with Gasteiger partial charge in [0, 0.05) is 0 Å². The Morgan fingerprint density at radius 1 is 1.42 bits per heavy atom. The number of nitrogens with zero attached hydrogens (tertiary/aromatic N) is 3. The van der Waals surface area contributed by atoms with Crippen LogP contribution < -0.4 is 0 Å². The molecule has 1 saturated heterocycles. The molecular formula is C8H15N3Se. The van der Waals surface area contributed by atoms with Gasteiger partial charge in [-0.1, -0.05) is 0 Å². The van der Waals surface area contributed by atoms with E-state index in [-0.39, 0.29) is 0 Å². The van der Waals surface area contributed by atoms with Gasteiger partial charge >= 0.3 is 81.4 Å². The van der Waals surface area contributed by atoms with E-state index in [0.717, 1.165) is 17.8 Å². The van der Waals surface area contributed by atoms with E-state index < -0.39 is 0 Å². The molecule has 0 aromatic carbocycles. The van der Waals surface area contributed by atoms with Gasteiger partial charge in [-0.25, -0.2) is 0 Å². The van der Waals surface area contributed by atoms with E-state index in [1.54, 1.807) is 0 Å². The van der Waals surface area contributed by atoms with E-state index in [1.807, 2.05) is 25.3 Å². The molecule has 4 heteroatoms. The Bertz CT molecular complexity index is 183. The fourth-order valence-electron chi connectivity index (χ4n) is 1.15. The van der Waals surface area contributed by atoms with Crippen LogP contribution in [0.3, 0.4) is 0 Å². The maximum atomic E-state index is 4.29. The zero-order valence-electron chi connectivity index (χ0n) is 7.66. The predicted molar refractivity (Wildman–Crippen MR) is 53.7 cm³/mol. The third-order valence-electron chi connectivity index (χ3n) is 1.78. The summed E-state index contributed by atoms with van der Waals surface area (Å²) in [6.07, 6.45) is 4.41. The van der Waals surface area contributed by atoms with Gasteiger partial charge in [0.05, 0.1) is 0 Å². The SMILES string of the molecule is CN(C)C=NC(=[Se])N1CCCC1. The van der Waals surface area contributed by atoms with Crippen molar-refractivity contribution >= 4 is 26.6 Å². The molecule has 12 heavy (non-hydrogen) atoms. The third-order valence-corrected chi connectivity index (χ3v) is 2.54. The first-order chi connectivity index (χ1) is 5.70. The molecule has 1 fully saturated rings. The molecule has 0 amide bonds. The Balaban J connectivity index is 2.36. The molecule has 68 valence electrons. The summed E-state index contributed by atoms with van der Waals surface area (Å²) in [4.78, 5) is 8.51. The Kier molecular flexibility index (Phi) is 3.76. The van der Waals surface area contributed by atoms with Crippen LogP contribution in [0.25, 0.3) is 0 Å². The minimum absolute atomic E-state index is 1.02. The summed E-state index contributed by atoms with van der Waals surface area (Å²) < 4.78 is 1.02. The molecule has 1 rings (SSSR count). The molecule has 0 unspecified atom stereocenters. The molecule has 1 aliphatic rings. The molecule has 1 aliphatic heterocycles. The van der Waals surface area contributed by atoms with E-state index in [4.69, 9.17) is 0 Å². The van der Waals surface area contributed by atoms with E-state index in [1.165, 1.54) is 12.8 Å². The van der Waals surface area contributed by atoms with Crippen LogP contribution in [0, 0.1) is 0 Å². The number of likely N-dealkylation sites (tertiary alicyclic amines) is 1. The summed E-state index contributed by atoms with van der Waals surface area (Å²) in [5, 5.41) is 0. The molecule has 0 aliphatic carbocycles. The molecule has 0 N–H and O–H groups in total. The molecule has 1 heterocycles. The Labute approximate surface area is 81.8 Å². The molecule has 3 nitrogen and oxygen atoms in total. The van der Waals surface area contributed by atoms with Gasteiger partial charge in [-0.2, -0.15) is 0 Å². The van der Waals surface area contributed by atoms with Gasteiger partial charge < -0.3 is 0 Å². The fourth-order valence-corrected chi connectivity index (χ4v) is 1.64. The second-order valence-corrected chi connectivity index (χ2v) is 3.95. The van der Waals surface area contributed by atoms with Crippen molar-refractivity contribution in [3.63, 3.8) is 0 Å². The summed E-state index contributed by atoms with van der Waals surface area (Å²) in [6.45, 7) is 2.29. The molecule has 0 atom stereocenters. The second-order valence-electron chi connectivity index (χ2n) is 3.18. The normalized spacial score (nSPS) is 17.3. The average molecular weight is 232 g/mol. The van der Waals surface area contributed by atoms with Crippen LogP contribution in [0.4, 0.5) is 0 Å². The van der Waals surface area contributed by atoms with Crippen LogP contribution in [0.1, 0.15) is 12.8 Å². The van der Waals surface area contributed by atoms with Gasteiger partial charge in [0.1, 0.15) is 0 Å². The Morgan fingerprint density at radius 3 is 2.50 bits per heavy atom. The topological polar surface area (TPSA) is 18.8 Å². The molecule has 0 saturated carbocycles. The van der Waals surface area contributed by atoms with Gasteiger partial charge in [-0.3, -0.25) is 0 Å². The van der Waals surface area contributed by atoms with Crippen LogP contribution in [0.5, 0.6) is 0 Å². The first kappa shape index (κ1) is 9.75. The molecule has 0 spiro atoms. The standard InChI is InChI=1S/C8H15N3Se/c1-10(2)7-9-8(12)11-5-3-4-6-11/h7H,3-6H2,1-2H3. The number of rotatable bonds is 3. The van der Waals surface area contributed by atoms with Crippen molar-refractivity contribution in [2.75, 3.05) is 27.2 Å². The van der Waals surface area contributed by atoms with Crippen LogP contribution >= 0.6 is 0 Å². The van der Waals surface area contributed by atoms with Gasteiger partial charge in [-0.15, -0.1) is 0 Å². The number of hydrogen-bond acceptors (Lipinski definition) is 2. The van der Waals surface area contributed by atoms with Crippen LogP contribution in [0.2, 0.25) is 0 Å². The number of aliphatic imine (C=N–C) groups is 1. The zero-order valence-corrected chi connectivity index (χ0v) is 9.37.